The molecule has 0 amide bonds. The van der Waals surface area contributed by atoms with Crippen LogP contribution < -0.4 is 0 Å². The second-order valence-electron chi connectivity index (χ2n) is 9.80. The Labute approximate surface area is 201 Å². The summed E-state index contributed by atoms with van der Waals surface area (Å²) in [5.41, 5.74) is 3.72. The maximum atomic E-state index is 12.1. The number of carbonyl (C=O) groups is 1. The molecule has 4 heteroatoms. The number of esters is 1. The lowest BCUT2D eigenvalue weighted by molar-refractivity contribution is -0.143. The first-order valence-electron chi connectivity index (χ1n) is 11.8. The third-order valence-corrected chi connectivity index (χ3v) is 7.17. The topological polar surface area (TPSA) is 35.5 Å². The van der Waals surface area contributed by atoms with Gasteiger partial charge in [-0.3, -0.25) is 4.79 Å². The lowest BCUT2D eigenvalue weighted by Gasteiger charge is -2.39. The lowest BCUT2D eigenvalue weighted by atomic mass is 9.79. The maximum Gasteiger partial charge on any atom is 0.306 e. The van der Waals surface area contributed by atoms with Gasteiger partial charge in [0.25, 0.3) is 0 Å². The molecule has 0 aromatic heterocycles. The molecule has 0 heterocycles. The number of ether oxygens (including phenoxy) is 1. The highest BCUT2D eigenvalue weighted by Gasteiger charge is 2.38. The van der Waals surface area contributed by atoms with Gasteiger partial charge in [0.2, 0.25) is 0 Å². The molecule has 0 aliphatic heterocycles. The van der Waals surface area contributed by atoms with Crippen molar-refractivity contribution in [2.24, 2.45) is 0 Å². The van der Waals surface area contributed by atoms with Crippen molar-refractivity contribution in [1.82, 2.24) is 0 Å². The summed E-state index contributed by atoms with van der Waals surface area (Å²) in [6, 6.07) is 29.5. The van der Waals surface area contributed by atoms with Crippen molar-refractivity contribution in [3.63, 3.8) is 0 Å². The molecule has 3 aromatic rings. The van der Waals surface area contributed by atoms with E-state index in [2.05, 4.69) is 100 Å². The Hall–Kier alpha value is -2.69. The summed E-state index contributed by atoms with van der Waals surface area (Å²) in [7, 11) is -0.917. The lowest BCUT2D eigenvalue weighted by Crippen LogP contribution is -2.36. The second kappa shape index (κ2) is 11.0. The first-order chi connectivity index (χ1) is 15.8. The van der Waals surface area contributed by atoms with Crippen LogP contribution in [0.3, 0.4) is 0 Å². The average molecular weight is 461 g/mol. The fourth-order valence-electron chi connectivity index (χ4n) is 4.07. The SMILES string of the molecule is CCOC(=O)CC(C)c1cccc(C(O[SiH2]C(C)(C)C)(c2ccccc2)c2ccccc2)c1. The number of hydrogen-bond donors (Lipinski definition) is 0. The van der Waals surface area contributed by atoms with Crippen molar-refractivity contribution in [1.29, 1.82) is 0 Å². The molecule has 3 nitrogen and oxygen atoms in total. The molecule has 0 saturated carbocycles. The summed E-state index contributed by atoms with van der Waals surface area (Å²) in [5.74, 6) is -0.114. The van der Waals surface area contributed by atoms with Gasteiger partial charge in [0.15, 0.2) is 9.76 Å². The van der Waals surface area contributed by atoms with Crippen LogP contribution in [0.2, 0.25) is 5.04 Å². The fourth-order valence-corrected chi connectivity index (χ4v) is 5.22. The van der Waals surface area contributed by atoms with Gasteiger partial charge < -0.3 is 9.16 Å². The summed E-state index contributed by atoms with van der Waals surface area (Å²) in [5, 5.41) is 0.129. The molecule has 0 aliphatic rings. The molecular formula is C29H36O3Si. The molecule has 0 N–H and O–H groups in total. The van der Waals surface area contributed by atoms with Crippen LogP contribution in [0, 0.1) is 0 Å². The minimum absolute atomic E-state index is 0.0492. The molecule has 1 unspecified atom stereocenters. The van der Waals surface area contributed by atoms with E-state index < -0.39 is 15.4 Å². The van der Waals surface area contributed by atoms with E-state index >= 15 is 0 Å². The average Bonchev–Trinajstić information content (AvgIpc) is 2.80. The van der Waals surface area contributed by atoms with Gasteiger partial charge in [-0.25, -0.2) is 0 Å². The van der Waals surface area contributed by atoms with Gasteiger partial charge in [-0.1, -0.05) is 113 Å². The summed E-state index contributed by atoms with van der Waals surface area (Å²) >= 11 is 0. The Balaban J connectivity index is 2.16. The predicted octanol–water partition coefficient (Wildman–Crippen LogP) is 6.35. The Morgan fingerprint density at radius 3 is 1.91 bits per heavy atom. The van der Waals surface area contributed by atoms with Crippen molar-refractivity contribution in [2.75, 3.05) is 6.61 Å². The van der Waals surface area contributed by atoms with E-state index in [1.54, 1.807) is 0 Å². The van der Waals surface area contributed by atoms with E-state index in [4.69, 9.17) is 9.16 Å². The van der Waals surface area contributed by atoms with Crippen LogP contribution in [0.25, 0.3) is 0 Å². The zero-order valence-corrected chi connectivity index (χ0v) is 21.9. The Morgan fingerprint density at radius 2 is 1.39 bits per heavy atom. The van der Waals surface area contributed by atoms with Gasteiger partial charge in [0.05, 0.1) is 13.0 Å². The van der Waals surface area contributed by atoms with E-state index in [-0.39, 0.29) is 16.9 Å². The number of carbonyl (C=O) groups excluding carboxylic acids is 1. The smallest absolute Gasteiger partial charge is 0.306 e. The zero-order chi connectivity index (χ0) is 23.9. The molecule has 0 spiro atoms. The predicted molar refractivity (Wildman–Crippen MR) is 138 cm³/mol. The fraction of sp³-hybridized carbons (Fsp3) is 0.345. The Kier molecular flexibility index (Phi) is 8.28. The monoisotopic (exact) mass is 460 g/mol. The van der Waals surface area contributed by atoms with Crippen molar-refractivity contribution >= 4 is 15.7 Å². The van der Waals surface area contributed by atoms with Crippen molar-refractivity contribution in [3.05, 3.63) is 107 Å². The molecule has 3 aromatic carbocycles. The molecule has 0 saturated heterocycles. The van der Waals surface area contributed by atoms with Crippen molar-refractivity contribution < 1.29 is 14.0 Å². The Morgan fingerprint density at radius 1 is 0.848 bits per heavy atom. The van der Waals surface area contributed by atoms with Crippen molar-refractivity contribution in [2.45, 2.75) is 57.6 Å². The highest BCUT2D eigenvalue weighted by molar-refractivity contribution is 6.32. The first-order valence-corrected chi connectivity index (χ1v) is 13.1. The number of rotatable bonds is 9. The summed E-state index contributed by atoms with van der Waals surface area (Å²) < 4.78 is 12.2. The molecular weight excluding hydrogens is 424 g/mol. The van der Waals surface area contributed by atoms with Gasteiger partial charge >= 0.3 is 5.97 Å². The van der Waals surface area contributed by atoms with Gasteiger partial charge in [0, 0.05) is 0 Å². The van der Waals surface area contributed by atoms with Crippen LogP contribution in [0.15, 0.2) is 84.9 Å². The van der Waals surface area contributed by atoms with Crippen LogP contribution in [0.1, 0.15) is 69.2 Å². The van der Waals surface area contributed by atoms with Crippen LogP contribution in [-0.4, -0.2) is 22.3 Å². The molecule has 0 bridgehead atoms. The van der Waals surface area contributed by atoms with E-state index in [1.165, 1.54) is 0 Å². The molecule has 174 valence electrons. The molecule has 33 heavy (non-hydrogen) atoms. The van der Waals surface area contributed by atoms with Crippen molar-refractivity contribution in [3.8, 4) is 0 Å². The standard InChI is InChI=1S/C29H36O3Si/c1-6-31-27(30)20-22(2)23-14-13-19-26(21-23)29(32-33-28(3,4)5,24-15-9-7-10-16-24)25-17-11-8-12-18-25/h7-19,21-22H,6,20,33H2,1-5H3. The minimum atomic E-state index is -0.917. The van der Waals surface area contributed by atoms with Crippen LogP contribution in [-0.2, 0) is 19.6 Å². The highest BCUT2D eigenvalue weighted by Crippen LogP contribution is 2.42. The summed E-state index contributed by atoms with van der Waals surface area (Å²) in [6.07, 6.45) is 0.360. The summed E-state index contributed by atoms with van der Waals surface area (Å²) in [4.78, 5) is 12.1. The molecule has 0 aliphatic carbocycles. The van der Waals surface area contributed by atoms with E-state index in [9.17, 15) is 4.79 Å². The van der Waals surface area contributed by atoms with Gasteiger partial charge in [0.1, 0.15) is 5.60 Å². The third-order valence-electron chi connectivity index (χ3n) is 5.72. The van der Waals surface area contributed by atoms with Crippen LogP contribution in [0.4, 0.5) is 0 Å². The maximum absolute atomic E-state index is 12.1. The van der Waals surface area contributed by atoms with Gasteiger partial charge in [-0.15, -0.1) is 0 Å². The van der Waals surface area contributed by atoms with E-state index in [0.29, 0.717) is 13.0 Å². The van der Waals surface area contributed by atoms with Crippen LogP contribution in [0.5, 0.6) is 0 Å². The normalized spacial score (nSPS) is 13.2. The van der Waals surface area contributed by atoms with E-state index in [0.717, 1.165) is 22.3 Å². The highest BCUT2D eigenvalue weighted by atomic mass is 28.2. The second-order valence-corrected chi connectivity index (χ2v) is 12.5. The number of benzene rings is 3. The van der Waals surface area contributed by atoms with E-state index in [1.807, 2.05) is 19.1 Å². The molecule has 0 radical (unpaired) electrons. The largest absolute Gasteiger partial charge is 0.466 e. The molecule has 1 atom stereocenters. The van der Waals surface area contributed by atoms with Gasteiger partial charge in [-0.05, 0) is 40.1 Å². The van der Waals surface area contributed by atoms with Crippen LogP contribution >= 0.6 is 0 Å². The summed E-state index contributed by atoms with van der Waals surface area (Å²) in [6.45, 7) is 11.1. The molecule has 3 rings (SSSR count). The Bertz CT molecular complexity index is 986. The van der Waals surface area contributed by atoms with Gasteiger partial charge in [-0.2, -0.15) is 0 Å². The molecule has 0 fully saturated rings. The number of hydrogen-bond acceptors (Lipinski definition) is 3. The first kappa shape index (κ1) is 24.9. The quantitative estimate of drug-likeness (QED) is 0.212. The third kappa shape index (κ3) is 6.21. The zero-order valence-electron chi connectivity index (χ0n) is 20.5. The minimum Gasteiger partial charge on any atom is -0.466 e.